The molecule has 0 aliphatic rings. The first-order valence-electron chi connectivity index (χ1n) is 7.11. The maximum Gasteiger partial charge on any atom is 0.153 e. The van der Waals surface area contributed by atoms with Crippen molar-refractivity contribution in [3.63, 3.8) is 0 Å². The van der Waals surface area contributed by atoms with E-state index < -0.39 is 0 Å². The molecule has 0 aliphatic carbocycles. The molecule has 4 rings (SSSR count). The molecule has 1 N–H and O–H groups in total. The number of halogens is 1. The Labute approximate surface area is 131 Å². The van der Waals surface area contributed by atoms with Crippen LogP contribution in [0.15, 0.2) is 71.5 Å². The molecule has 0 saturated heterocycles. The number of pyridine rings is 1. The normalized spacial score (nSPS) is 10.8. The maximum atomic E-state index is 13.9. The van der Waals surface area contributed by atoms with Gasteiger partial charge in [-0.3, -0.25) is 4.98 Å². The molecule has 23 heavy (non-hydrogen) atoms. The molecular weight excluding hydrogens is 293 g/mol. The summed E-state index contributed by atoms with van der Waals surface area (Å²) in [7, 11) is 0. The molecule has 0 unspecified atom stereocenters. The van der Waals surface area contributed by atoms with Gasteiger partial charge in [0, 0.05) is 29.7 Å². The van der Waals surface area contributed by atoms with Crippen molar-refractivity contribution in [1.29, 1.82) is 0 Å². The van der Waals surface area contributed by atoms with Gasteiger partial charge in [-0.25, -0.2) is 9.37 Å². The summed E-state index contributed by atoms with van der Waals surface area (Å²) in [4.78, 5) is 11.4. The average Bonchev–Trinajstić information content (AvgIpc) is 3.27. The molecular formula is C18H12FN3O. The van der Waals surface area contributed by atoms with Crippen molar-refractivity contribution in [2.75, 3.05) is 0 Å². The quantitative estimate of drug-likeness (QED) is 0.604. The van der Waals surface area contributed by atoms with E-state index in [1.54, 1.807) is 18.6 Å². The predicted octanol–water partition coefficient (Wildman–Crippen LogP) is 4.54. The molecule has 0 bridgehead atoms. The minimum absolute atomic E-state index is 0.343. The van der Waals surface area contributed by atoms with Crippen molar-refractivity contribution in [3.05, 3.63) is 72.9 Å². The Kier molecular flexibility index (Phi) is 3.24. The van der Waals surface area contributed by atoms with Crippen molar-refractivity contribution in [2.45, 2.75) is 0 Å². The fourth-order valence-electron chi connectivity index (χ4n) is 2.43. The Bertz CT molecular complexity index is 930. The number of benzene rings is 1. The number of nitrogens with one attached hydrogen (secondary N) is 1. The summed E-state index contributed by atoms with van der Waals surface area (Å²) >= 11 is 0. The Hall–Kier alpha value is -3.21. The second-order valence-electron chi connectivity index (χ2n) is 5.05. The molecule has 4 aromatic rings. The largest absolute Gasteiger partial charge is 0.454 e. The number of aromatic nitrogens is 3. The van der Waals surface area contributed by atoms with Crippen LogP contribution >= 0.6 is 0 Å². The SMILES string of the molecule is Fc1cc(-c2ncc[nH]2)cc(-c2ccc(-c3ccccn3)o2)c1. The van der Waals surface area contributed by atoms with E-state index in [1.807, 2.05) is 36.4 Å². The minimum Gasteiger partial charge on any atom is -0.454 e. The van der Waals surface area contributed by atoms with Gasteiger partial charge < -0.3 is 9.40 Å². The summed E-state index contributed by atoms with van der Waals surface area (Å²) in [5, 5.41) is 0. The van der Waals surface area contributed by atoms with Crippen LogP contribution in [0, 0.1) is 5.82 Å². The standard InChI is InChI=1S/C18H12FN3O/c19-14-10-12(9-13(11-14)18-21-7-8-22-18)16-4-5-17(23-16)15-3-1-2-6-20-15/h1-11H,(H,21,22). The molecule has 0 atom stereocenters. The number of H-pyrrole nitrogens is 1. The lowest BCUT2D eigenvalue weighted by molar-refractivity contribution is 0.592. The van der Waals surface area contributed by atoms with E-state index in [0.29, 0.717) is 28.5 Å². The molecule has 112 valence electrons. The first-order valence-corrected chi connectivity index (χ1v) is 7.11. The van der Waals surface area contributed by atoms with Crippen molar-refractivity contribution in [2.24, 2.45) is 0 Å². The van der Waals surface area contributed by atoms with Crippen LogP contribution in [0.3, 0.4) is 0 Å². The van der Waals surface area contributed by atoms with Crippen molar-refractivity contribution < 1.29 is 8.81 Å². The van der Waals surface area contributed by atoms with E-state index in [-0.39, 0.29) is 5.82 Å². The highest BCUT2D eigenvalue weighted by atomic mass is 19.1. The van der Waals surface area contributed by atoms with Crippen LogP contribution in [0.1, 0.15) is 0 Å². The highest BCUT2D eigenvalue weighted by molar-refractivity contribution is 5.69. The molecule has 5 heteroatoms. The monoisotopic (exact) mass is 305 g/mol. The van der Waals surface area contributed by atoms with Gasteiger partial charge in [-0.1, -0.05) is 6.07 Å². The summed E-state index contributed by atoms with van der Waals surface area (Å²) in [5.41, 5.74) is 2.06. The fraction of sp³-hybridized carbons (Fsp3) is 0. The van der Waals surface area contributed by atoms with Gasteiger partial charge >= 0.3 is 0 Å². The van der Waals surface area contributed by atoms with Gasteiger partial charge in [0.25, 0.3) is 0 Å². The Morgan fingerprint density at radius 1 is 0.870 bits per heavy atom. The number of furan rings is 1. The molecule has 0 amide bonds. The summed E-state index contributed by atoms with van der Waals surface area (Å²) in [5.74, 6) is 1.49. The molecule has 0 aliphatic heterocycles. The molecule has 1 aromatic carbocycles. The summed E-state index contributed by atoms with van der Waals surface area (Å²) < 4.78 is 19.8. The molecule has 0 saturated carbocycles. The third-order valence-electron chi connectivity index (χ3n) is 3.48. The Balaban J connectivity index is 1.75. The summed E-state index contributed by atoms with van der Waals surface area (Å²) in [6.45, 7) is 0. The van der Waals surface area contributed by atoms with Gasteiger partial charge in [-0.2, -0.15) is 0 Å². The molecule has 0 fully saturated rings. The molecule has 4 nitrogen and oxygen atoms in total. The van der Waals surface area contributed by atoms with Gasteiger partial charge in [-0.15, -0.1) is 0 Å². The third kappa shape index (κ3) is 2.64. The fourth-order valence-corrected chi connectivity index (χ4v) is 2.43. The van der Waals surface area contributed by atoms with Crippen molar-refractivity contribution in [3.8, 4) is 34.2 Å². The van der Waals surface area contributed by atoms with E-state index in [4.69, 9.17) is 4.42 Å². The number of rotatable bonds is 3. The van der Waals surface area contributed by atoms with E-state index in [1.165, 1.54) is 12.1 Å². The van der Waals surface area contributed by atoms with Gasteiger partial charge in [0.05, 0.1) is 0 Å². The van der Waals surface area contributed by atoms with E-state index in [2.05, 4.69) is 15.0 Å². The van der Waals surface area contributed by atoms with E-state index in [9.17, 15) is 4.39 Å². The van der Waals surface area contributed by atoms with Crippen LogP contribution in [0.25, 0.3) is 34.2 Å². The van der Waals surface area contributed by atoms with Crippen LogP contribution in [0.2, 0.25) is 0 Å². The van der Waals surface area contributed by atoms with Gasteiger partial charge in [0.1, 0.15) is 23.1 Å². The lowest BCUT2D eigenvalue weighted by Crippen LogP contribution is -1.85. The zero-order valence-electron chi connectivity index (χ0n) is 12.0. The molecule has 3 heterocycles. The lowest BCUT2D eigenvalue weighted by Gasteiger charge is -2.02. The zero-order valence-corrected chi connectivity index (χ0v) is 12.0. The van der Waals surface area contributed by atoms with E-state index in [0.717, 1.165) is 5.69 Å². The molecule has 0 radical (unpaired) electrons. The van der Waals surface area contributed by atoms with Crippen LogP contribution in [-0.2, 0) is 0 Å². The van der Waals surface area contributed by atoms with E-state index >= 15 is 0 Å². The van der Waals surface area contributed by atoms with Crippen molar-refractivity contribution >= 4 is 0 Å². The van der Waals surface area contributed by atoms with Gasteiger partial charge in [0.2, 0.25) is 0 Å². The zero-order chi connectivity index (χ0) is 15.6. The summed E-state index contributed by atoms with van der Waals surface area (Å²) in [6, 6.07) is 13.9. The van der Waals surface area contributed by atoms with Crippen LogP contribution in [-0.4, -0.2) is 15.0 Å². The lowest BCUT2D eigenvalue weighted by atomic mass is 10.1. The number of hydrogen-bond acceptors (Lipinski definition) is 3. The van der Waals surface area contributed by atoms with Crippen LogP contribution < -0.4 is 0 Å². The first kappa shape index (κ1) is 13.5. The maximum absolute atomic E-state index is 13.9. The number of nitrogens with zero attached hydrogens (tertiary/aromatic N) is 2. The Morgan fingerprint density at radius 2 is 1.74 bits per heavy atom. The number of aromatic amines is 1. The number of hydrogen-bond donors (Lipinski definition) is 1. The van der Waals surface area contributed by atoms with Gasteiger partial charge in [-0.05, 0) is 42.5 Å². The predicted molar refractivity (Wildman–Crippen MR) is 84.9 cm³/mol. The van der Waals surface area contributed by atoms with Crippen molar-refractivity contribution in [1.82, 2.24) is 15.0 Å². The second-order valence-corrected chi connectivity index (χ2v) is 5.05. The molecule has 0 spiro atoms. The molecule has 3 aromatic heterocycles. The topological polar surface area (TPSA) is 54.7 Å². The highest BCUT2D eigenvalue weighted by Gasteiger charge is 2.11. The Morgan fingerprint density at radius 3 is 2.52 bits per heavy atom. The first-order chi connectivity index (χ1) is 11.3. The smallest absolute Gasteiger partial charge is 0.153 e. The minimum atomic E-state index is -0.343. The number of imidazole rings is 1. The van der Waals surface area contributed by atoms with Crippen LogP contribution in [0.5, 0.6) is 0 Å². The summed E-state index contributed by atoms with van der Waals surface area (Å²) in [6.07, 6.45) is 5.03. The van der Waals surface area contributed by atoms with Crippen LogP contribution in [0.4, 0.5) is 4.39 Å². The highest BCUT2D eigenvalue weighted by Crippen LogP contribution is 2.30. The third-order valence-corrected chi connectivity index (χ3v) is 3.48. The average molecular weight is 305 g/mol. The van der Waals surface area contributed by atoms with Gasteiger partial charge in [0.15, 0.2) is 5.76 Å². The second kappa shape index (κ2) is 5.53.